The van der Waals surface area contributed by atoms with Crippen molar-refractivity contribution in [2.24, 2.45) is 0 Å². The highest BCUT2D eigenvalue weighted by molar-refractivity contribution is 5.78. The summed E-state index contributed by atoms with van der Waals surface area (Å²) >= 11 is 0. The molecule has 1 unspecified atom stereocenters. The van der Waals surface area contributed by atoms with Gasteiger partial charge in [-0.3, -0.25) is 9.59 Å². The minimum atomic E-state index is -0.871. The second-order valence-electron chi connectivity index (χ2n) is 5.55. The monoisotopic (exact) mass is 327 g/mol. The van der Waals surface area contributed by atoms with E-state index < -0.39 is 5.97 Å². The highest BCUT2D eigenvalue weighted by Crippen LogP contribution is 2.29. The first-order chi connectivity index (χ1) is 11.6. The van der Waals surface area contributed by atoms with Gasteiger partial charge in [0.25, 0.3) is 5.91 Å². The molecule has 0 spiro atoms. The van der Waals surface area contributed by atoms with Crippen LogP contribution in [-0.4, -0.2) is 29.6 Å². The molecule has 0 saturated carbocycles. The van der Waals surface area contributed by atoms with Crippen molar-refractivity contribution in [3.05, 3.63) is 54.6 Å². The SMILES string of the molecule is CC(CCC(=O)O)NC(=O)COc1ccccc1-c1ccccc1. The highest BCUT2D eigenvalue weighted by atomic mass is 16.5. The summed E-state index contributed by atoms with van der Waals surface area (Å²) in [5, 5.41) is 11.4. The van der Waals surface area contributed by atoms with Gasteiger partial charge in [-0.2, -0.15) is 0 Å². The average molecular weight is 327 g/mol. The lowest BCUT2D eigenvalue weighted by atomic mass is 10.1. The number of benzene rings is 2. The lowest BCUT2D eigenvalue weighted by molar-refractivity contribution is -0.137. The van der Waals surface area contributed by atoms with E-state index in [2.05, 4.69) is 5.32 Å². The number of nitrogens with one attached hydrogen (secondary N) is 1. The molecule has 0 aliphatic rings. The van der Waals surface area contributed by atoms with Crippen LogP contribution in [0.25, 0.3) is 11.1 Å². The van der Waals surface area contributed by atoms with Crippen LogP contribution >= 0.6 is 0 Å². The largest absolute Gasteiger partial charge is 0.483 e. The van der Waals surface area contributed by atoms with Gasteiger partial charge in [0.1, 0.15) is 5.75 Å². The molecule has 0 aromatic heterocycles. The normalized spacial score (nSPS) is 11.5. The Kier molecular flexibility index (Phi) is 6.37. The van der Waals surface area contributed by atoms with E-state index in [1.165, 1.54) is 0 Å². The van der Waals surface area contributed by atoms with Gasteiger partial charge in [-0.05, 0) is 25.0 Å². The molecule has 5 nitrogen and oxygen atoms in total. The minimum absolute atomic E-state index is 0.0269. The highest BCUT2D eigenvalue weighted by Gasteiger charge is 2.11. The number of hydrogen-bond donors (Lipinski definition) is 2. The van der Waals surface area contributed by atoms with Gasteiger partial charge in [0.2, 0.25) is 0 Å². The van der Waals surface area contributed by atoms with Crippen LogP contribution in [0.2, 0.25) is 0 Å². The maximum absolute atomic E-state index is 11.9. The van der Waals surface area contributed by atoms with Crippen LogP contribution in [0.4, 0.5) is 0 Å². The Morgan fingerprint density at radius 3 is 2.46 bits per heavy atom. The molecule has 1 atom stereocenters. The van der Waals surface area contributed by atoms with Crippen molar-refractivity contribution in [1.29, 1.82) is 0 Å². The Bertz CT molecular complexity index is 685. The van der Waals surface area contributed by atoms with Crippen LogP contribution in [0.1, 0.15) is 19.8 Å². The Labute approximate surface area is 141 Å². The molecule has 0 aliphatic carbocycles. The van der Waals surface area contributed by atoms with Crippen molar-refractivity contribution in [1.82, 2.24) is 5.32 Å². The fourth-order valence-corrected chi connectivity index (χ4v) is 2.32. The van der Waals surface area contributed by atoms with Crippen LogP contribution < -0.4 is 10.1 Å². The molecular formula is C19H21NO4. The number of carboxylic acid groups (broad SMARTS) is 1. The molecule has 0 fully saturated rings. The third-order valence-electron chi connectivity index (χ3n) is 3.53. The van der Waals surface area contributed by atoms with Crippen molar-refractivity contribution in [3.63, 3.8) is 0 Å². The van der Waals surface area contributed by atoms with Gasteiger partial charge < -0.3 is 15.2 Å². The first kappa shape index (κ1) is 17.5. The van der Waals surface area contributed by atoms with Crippen LogP contribution in [0.3, 0.4) is 0 Å². The molecule has 0 heterocycles. The molecule has 5 heteroatoms. The molecule has 0 bridgehead atoms. The van der Waals surface area contributed by atoms with E-state index in [9.17, 15) is 9.59 Å². The van der Waals surface area contributed by atoms with Crippen molar-refractivity contribution in [3.8, 4) is 16.9 Å². The number of aliphatic carboxylic acids is 1. The molecule has 2 aromatic carbocycles. The molecule has 126 valence electrons. The number of carbonyl (C=O) groups excluding carboxylic acids is 1. The topological polar surface area (TPSA) is 75.6 Å². The Hall–Kier alpha value is -2.82. The smallest absolute Gasteiger partial charge is 0.303 e. The zero-order chi connectivity index (χ0) is 17.4. The van der Waals surface area contributed by atoms with Crippen LogP contribution in [-0.2, 0) is 9.59 Å². The van der Waals surface area contributed by atoms with Crippen LogP contribution in [0.15, 0.2) is 54.6 Å². The van der Waals surface area contributed by atoms with E-state index in [-0.39, 0.29) is 25.0 Å². The molecule has 2 rings (SSSR count). The maximum Gasteiger partial charge on any atom is 0.303 e. The molecular weight excluding hydrogens is 306 g/mol. The van der Waals surface area contributed by atoms with E-state index >= 15 is 0 Å². The number of ether oxygens (including phenoxy) is 1. The molecule has 24 heavy (non-hydrogen) atoms. The Morgan fingerprint density at radius 2 is 1.75 bits per heavy atom. The minimum Gasteiger partial charge on any atom is -0.483 e. The number of rotatable bonds is 8. The predicted molar refractivity (Wildman–Crippen MR) is 91.8 cm³/mol. The van der Waals surface area contributed by atoms with Gasteiger partial charge >= 0.3 is 5.97 Å². The standard InChI is InChI=1S/C19H21NO4/c1-14(11-12-19(22)23)20-18(21)13-24-17-10-6-5-9-16(17)15-7-3-2-4-8-15/h2-10,14H,11-13H2,1H3,(H,20,21)(H,22,23). The average Bonchev–Trinajstić information content (AvgIpc) is 2.59. The van der Waals surface area contributed by atoms with Crippen molar-refractivity contribution in [2.45, 2.75) is 25.8 Å². The van der Waals surface area contributed by atoms with Gasteiger partial charge in [-0.25, -0.2) is 0 Å². The number of para-hydroxylation sites is 1. The summed E-state index contributed by atoms with van der Waals surface area (Å²) in [5.74, 6) is -0.503. The van der Waals surface area contributed by atoms with E-state index in [1.807, 2.05) is 54.6 Å². The van der Waals surface area contributed by atoms with Crippen molar-refractivity contribution >= 4 is 11.9 Å². The summed E-state index contributed by atoms with van der Waals surface area (Å²) in [6, 6.07) is 17.1. The number of carboxylic acids is 1. The summed E-state index contributed by atoms with van der Waals surface area (Å²) in [6.07, 6.45) is 0.417. The summed E-state index contributed by atoms with van der Waals surface area (Å²) < 4.78 is 5.65. The Morgan fingerprint density at radius 1 is 1.08 bits per heavy atom. The van der Waals surface area contributed by atoms with E-state index in [0.29, 0.717) is 12.2 Å². The molecule has 0 aliphatic heterocycles. The van der Waals surface area contributed by atoms with Crippen LogP contribution in [0, 0.1) is 0 Å². The third kappa shape index (κ3) is 5.43. The van der Waals surface area contributed by atoms with Crippen LogP contribution in [0.5, 0.6) is 5.75 Å². The van der Waals surface area contributed by atoms with E-state index in [0.717, 1.165) is 11.1 Å². The molecule has 0 saturated heterocycles. The summed E-state index contributed by atoms with van der Waals surface area (Å²) in [5.41, 5.74) is 1.94. The zero-order valence-corrected chi connectivity index (χ0v) is 13.6. The predicted octanol–water partition coefficient (Wildman–Crippen LogP) is 3.10. The second kappa shape index (κ2) is 8.72. The molecule has 1 amide bonds. The van der Waals surface area contributed by atoms with Gasteiger partial charge in [0.15, 0.2) is 6.61 Å². The Balaban J connectivity index is 1.93. The second-order valence-corrected chi connectivity index (χ2v) is 5.55. The number of hydrogen-bond acceptors (Lipinski definition) is 3. The quantitative estimate of drug-likeness (QED) is 0.781. The van der Waals surface area contributed by atoms with Gasteiger partial charge in [-0.1, -0.05) is 48.5 Å². The summed E-state index contributed by atoms with van der Waals surface area (Å²) in [7, 11) is 0. The molecule has 2 N–H and O–H groups in total. The number of carbonyl (C=O) groups is 2. The van der Waals surface area contributed by atoms with Gasteiger partial charge in [0.05, 0.1) is 0 Å². The lowest BCUT2D eigenvalue weighted by Gasteiger charge is -2.15. The first-order valence-electron chi connectivity index (χ1n) is 7.84. The number of amides is 1. The van der Waals surface area contributed by atoms with Gasteiger partial charge in [-0.15, -0.1) is 0 Å². The molecule has 2 aromatic rings. The van der Waals surface area contributed by atoms with E-state index in [1.54, 1.807) is 6.92 Å². The summed E-state index contributed by atoms with van der Waals surface area (Å²) in [6.45, 7) is 1.67. The molecule has 0 radical (unpaired) electrons. The fraction of sp³-hybridized carbons (Fsp3) is 0.263. The van der Waals surface area contributed by atoms with Crippen molar-refractivity contribution in [2.75, 3.05) is 6.61 Å². The van der Waals surface area contributed by atoms with Gasteiger partial charge in [0, 0.05) is 18.0 Å². The summed E-state index contributed by atoms with van der Waals surface area (Å²) in [4.78, 5) is 22.5. The zero-order valence-electron chi connectivity index (χ0n) is 13.6. The lowest BCUT2D eigenvalue weighted by Crippen LogP contribution is -2.36. The fourth-order valence-electron chi connectivity index (χ4n) is 2.32. The first-order valence-corrected chi connectivity index (χ1v) is 7.84. The van der Waals surface area contributed by atoms with Crippen molar-refractivity contribution < 1.29 is 19.4 Å². The van der Waals surface area contributed by atoms with E-state index in [4.69, 9.17) is 9.84 Å². The maximum atomic E-state index is 11.9. The third-order valence-corrected chi connectivity index (χ3v) is 3.53.